The van der Waals surface area contributed by atoms with Gasteiger partial charge in [-0.15, -0.1) is 0 Å². The van der Waals surface area contributed by atoms with Gasteiger partial charge in [-0.05, 0) is 25.7 Å². The van der Waals surface area contributed by atoms with Crippen molar-refractivity contribution in [1.29, 1.82) is 0 Å². The van der Waals surface area contributed by atoms with Crippen LogP contribution >= 0.6 is 0 Å². The van der Waals surface area contributed by atoms with Gasteiger partial charge in [0.1, 0.15) is 0 Å². The van der Waals surface area contributed by atoms with Crippen molar-refractivity contribution in [2.75, 3.05) is 0 Å². The SMILES string of the molecule is N[C@H]1CCC[C@H](OC(F)F)C1. The molecule has 2 N–H and O–H groups in total. The van der Waals surface area contributed by atoms with Gasteiger partial charge in [0.2, 0.25) is 0 Å². The third-order valence-electron chi connectivity index (χ3n) is 1.96. The molecule has 1 fully saturated rings. The van der Waals surface area contributed by atoms with Crippen molar-refractivity contribution in [3.63, 3.8) is 0 Å². The van der Waals surface area contributed by atoms with Crippen LogP contribution in [0.15, 0.2) is 0 Å². The number of hydrogen-bond acceptors (Lipinski definition) is 2. The highest BCUT2D eigenvalue weighted by molar-refractivity contribution is 4.75. The third-order valence-corrected chi connectivity index (χ3v) is 1.96. The molecule has 1 aliphatic rings. The minimum atomic E-state index is -2.65. The van der Waals surface area contributed by atoms with Gasteiger partial charge in [0.15, 0.2) is 0 Å². The predicted molar refractivity (Wildman–Crippen MR) is 37.3 cm³/mol. The van der Waals surface area contributed by atoms with E-state index in [4.69, 9.17) is 5.73 Å². The Balaban J connectivity index is 2.23. The second kappa shape index (κ2) is 3.97. The smallest absolute Gasteiger partial charge is 0.328 e. The zero-order valence-electron chi connectivity index (χ0n) is 6.30. The van der Waals surface area contributed by atoms with E-state index in [2.05, 4.69) is 4.74 Å². The van der Waals surface area contributed by atoms with E-state index in [0.29, 0.717) is 6.42 Å². The molecule has 0 unspecified atom stereocenters. The molecule has 0 heterocycles. The molecule has 1 rings (SSSR count). The number of ether oxygens (including phenoxy) is 1. The summed E-state index contributed by atoms with van der Waals surface area (Å²) in [4.78, 5) is 0. The van der Waals surface area contributed by atoms with Crippen molar-refractivity contribution in [1.82, 2.24) is 0 Å². The quantitative estimate of drug-likeness (QED) is 0.672. The number of hydrogen-bond donors (Lipinski definition) is 1. The second-order valence-corrected chi connectivity index (χ2v) is 2.95. The number of alkyl halides is 2. The van der Waals surface area contributed by atoms with Gasteiger partial charge in [0, 0.05) is 6.04 Å². The van der Waals surface area contributed by atoms with Crippen molar-refractivity contribution >= 4 is 0 Å². The monoisotopic (exact) mass is 165 g/mol. The van der Waals surface area contributed by atoms with Crippen LogP contribution in [0.4, 0.5) is 8.78 Å². The summed E-state index contributed by atoms with van der Waals surface area (Å²) in [5.41, 5.74) is 5.58. The van der Waals surface area contributed by atoms with Gasteiger partial charge in [-0.3, -0.25) is 0 Å². The topological polar surface area (TPSA) is 35.2 Å². The molecule has 0 aromatic rings. The molecule has 0 aromatic carbocycles. The summed E-state index contributed by atoms with van der Waals surface area (Å²) in [7, 11) is 0. The van der Waals surface area contributed by atoms with E-state index in [0.717, 1.165) is 19.3 Å². The fourth-order valence-electron chi connectivity index (χ4n) is 1.45. The molecule has 0 bridgehead atoms. The average Bonchev–Trinajstić information content (AvgIpc) is 1.85. The summed E-state index contributed by atoms with van der Waals surface area (Å²) in [6.45, 7) is -2.65. The Morgan fingerprint density at radius 3 is 2.64 bits per heavy atom. The summed E-state index contributed by atoms with van der Waals surface area (Å²) in [5.74, 6) is 0. The van der Waals surface area contributed by atoms with Gasteiger partial charge in [0.05, 0.1) is 6.10 Å². The molecule has 0 aromatic heterocycles. The normalized spacial score (nSPS) is 32.7. The van der Waals surface area contributed by atoms with Gasteiger partial charge in [-0.25, -0.2) is 0 Å². The summed E-state index contributed by atoms with van der Waals surface area (Å²) in [6, 6.07) is 0.0486. The highest BCUT2D eigenvalue weighted by Crippen LogP contribution is 2.21. The van der Waals surface area contributed by atoms with Crippen LogP contribution in [0.2, 0.25) is 0 Å². The highest BCUT2D eigenvalue weighted by Gasteiger charge is 2.22. The van der Waals surface area contributed by atoms with E-state index >= 15 is 0 Å². The van der Waals surface area contributed by atoms with E-state index in [1.807, 2.05) is 0 Å². The molecule has 4 heteroatoms. The molecule has 11 heavy (non-hydrogen) atoms. The van der Waals surface area contributed by atoms with Gasteiger partial charge < -0.3 is 10.5 Å². The summed E-state index contributed by atoms with van der Waals surface area (Å²) in [6.07, 6.45) is 2.81. The van der Waals surface area contributed by atoms with Crippen LogP contribution in [-0.4, -0.2) is 18.8 Å². The molecule has 0 saturated heterocycles. The van der Waals surface area contributed by atoms with E-state index in [9.17, 15) is 8.78 Å². The van der Waals surface area contributed by atoms with Crippen LogP contribution in [0, 0.1) is 0 Å². The van der Waals surface area contributed by atoms with Crippen molar-refractivity contribution in [3.8, 4) is 0 Å². The minimum absolute atomic E-state index is 0.0486. The Morgan fingerprint density at radius 1 is 1.36 bits per heavy atom. The third kappa shape index (κ3) is 3.12. The van der Waals surface area contributed by atoms with E-state index in [1.54, 1.807) is 0 Å². The first-order chi connectivity index (χ1) is 5.18. The molecule has 2 nitrogen and oxygen atoms in total. The van der Waals surface area contributed by atoms with Gasteiger partial charge in [-0.2, -0.15) is 8.78 Å². The lowest BCUT2D eigenvalue weighted by Gasteiger charge is -2.25. The maximum absolute atomic E-state index is 11.7. The van der Waals surface area contributed by atoms with Crippen molar-refractivity contribution in [2.45, 2.75) is 44.4 Å². The molecule has 0 spiro atoms. The lowest BCUT2D eigenvalue weighted by molar-refractivity contribution is -0.170. The Bertz CT molecular complexity index is 119. The number of nitrogens with two attached hydrogens (primary N) is 1. The molecule has 0 amide bonds. The van der Waals surface area contributed by atoms with Gasteiger partial charge in [-0.1, -0.05) is 0 Å². The molecule has 1 aliphatic carbocycles. The highest BCUT2D eigenvalue weighted by atomic mass is 19.3. The first-order valence-electron chi connectivity index (χ1n) is 3.87. The molecular formula is C7H13F2NO. The van der Waals surface area contributed by atoms with Gasteiger partial charge in [0.25, 0.3) is 0 Å². The fraction of sp³-hybridized carbons (Fsp3) is 1.00. The molecule has 0 radical (unpaired) electrons. The molecule has 66 valence electrons. The summed E-state index contributed by atoms with van der Waals surface area (Å²) < 4.78 is 27.7. The van der Waals surface area contributed by atoms with Crippen molar-refractivity contribution in [3.05, 3.63) is 0 Å². The van der Waals surface area contributed by atoms with Crippen LogP contribution in [0.25, 0.3) is 0 Å². The molecule has 0 aliphatic heterocycles. The van der Waals surface area contributed by atoms with Crippen molar-refractivity contribution in [2.24, 2.45) is 5.73 Å². The van der Waals surface area contributed by atoms with Gasteiger partial charge >= 0.3 is 6.61 Å². The maximum Gasteiger partial charge on any atom is 0.345 e. The van der Waals surface area contributed by atoms with E-state index in [-0.39, 0.29) is 12.1 Å². The first kappa shape index (κ1) is 8.87. The van der Waals surface area contributed by atoms with E-state index < -0.39 is 6.61 Å². The summed E-state index contributed by atoms with van der Waals surface area (Å²) >= 11 is 0. The van der Waals surface area contributed by atoms with Crippen molar-refractivity contribution < 1.29 is 13.5 Å². The maximum atomic E-state index is 11.7. The first-order valence-corrected chi connectivity index (χ1v) is 3.87. The zero-order valence-corrected chi connectivity index (χ0v) is 6.30. The Labute approximate surface area is 64.7 Å². The molecular weight excluding hydrogens is 152 g/mol. The lowest BCUT2D eigenvalue weighted by Crippen LogP contribution is -2.33. The Morgan fingerprint density at radius 2 is 2.09 bits per heavy atom. The number of rotatable bonds is 2. The van der Waals surface area contributed by atoms with E-state index in [1.165, 1.54) is 0 Å². The predicted octanol–water partition coefficient (Wildman–Crippen LogP) is 1.50. The number of halogens is 2. The van der Waals surface area contributed by atoms with Crippen LogP contribution in [0.3, 0.4) is 0 Å². The Kier molecular flexibility index (Phi) is 3.20. The standard InChI is InChI=1S/C7H13F2NO/c8-7(9)11-6-3-1-2-5(10)4-6/h5-7H,1-4,10H2/t5-,6-/m0/s1. The summed E-state index contributed by atoms with van der Waals surface area (Å²) in [5, 5.41) is 0. The molecule has 1 saturated carbocycles. The van der Waals surface area contributed by atoms with Crippen LogP contribution in [-0.2, 0) is 4.74 Å². The van der Waals surface area contributed by atoms with Crippen LogP contribution < -0.4 is 5.73 Å². The zero-order chi connectivity index (χ0) is 8.27. The lowest BCUT2D eigenvalue weighted by atomic mass is 9.94. The second-order valence-electron chi connectivity index (χ2n) is 2.95. The Hall–Kier alpha value is -0.220. The molecule has 2 atom stereocenters. The average molecular weight is 165 g/mol. The van der Waals surface area contributed by atoms with Crippen LogP contribution in [0.5, 0.6) is 0 Å². The van der Waals surface area contributed by atoms with Crippen LogP contribution in [0.1, 0.15) is 25.7 Å². The fourth-order valence-corrected chi connectivity index (χ4v) is 1.45. The largest absolute Gasteiger partial charge is 0.345 e. The minimum Gasteiger partial charge on any atom is -0.328 e.